The lowest BCUT2D eigenvalue weighted by Gasteiger charge is -2.15. The van der Waals surface area contributed by atoms with Crippen molar-refractivity contribution in [1.29, 1.82) is 0 Å². The van der Waals surface area contributed by atoms with Crippen LogP contribution in [0.4, 0.5) is 22.0 Å². The molecule has 1 aromatic carbocycles. The van der Waals surface area contributed by atoms with E-state index in [0.717, 1.165) is 6.07 Å². The van der Waals surface area contributed by atoms with E-state index in [0.29, 0.717) is 6.07 Å². The predicted molar refractivity (Wildman–Crippen MR) is 49.1 cm³/mol. The van der Waals surface area contributed by atoms with Gasteiger partial charge in [0.25, 0.3) is 6.43 Å². The van der Waals surface area contributed by atoms with Crippen molar-refractivity contribution in [3.05, 3.63) is 34.9 Å². The highest BCUT2D eigenvalue weighted by Crippen LogP contribution is 2.33. The van der Waals surface area contributed by atoms with Crippen molar-refractivity contribution in [3.63, 3.8) is 0 Å². The van der Waals surface area contributed by atoms with Crippen molar-refractivity contribution in [2.45, 2.75) is 25.6 Å². The predicted octanol–water partition coefficient (Wildman–Crippen LogP) is 3.28. The van der Waals surface area contributed by atoms with Crippen LogP contribution >= 0.6 is 0 Å². The third kappa shape index (κ3) is 2.69. The summed E-state index contributed by atoms with van der Waals surface area (Å²) in [6.45, 7) is 1.26. The number of hydrogen-bond donors (Lipinski definition) is 1. The molecule has 1 aromatic rings. The first-order valence-corrected chi connectivity index (χ1v) is 4.45. The molecule has 0 aliphatic heterocycles. The number of benzene rings is 1. The van der Waals surface area contributed by atoms with Gasteiger partial charge in [-0.1, -0.05) is 12.1 Å². The molecule has 0 saturated carbocycles. The number of alkyl halides is 5. The van der Waals surface area contributed by atoms with Crippen LogP contribution in [0.15, 0.2) is 18.2 Å². The molecule has 0 spiro atoms. The van der Waals surface area contributed by atoms with Gasteiger partial charge in [0.15, 0.2) is 0 Å². The fourth-order valence-corrected chi connectivity index (χ4v) is 1.30. The Labute approximate surface area is 89.1 Å². The van der Waals surface area contributed by atoms with E-state index in [-0.39, 0.29) is 11.1 Å². The van der Waals surface area contributed by atoms with Gasteiger partial charge in [-0.15, -0.1) is 0 Å². The second-order valence-electron chi connectivity index (χ2n) is 3.43. The summed E-state index contributed by atoms with van der Waals surface area (Å²) < 4.78 is 61.9. The molecule has 0 aliphatic rings. The molecule has 0 aliphatic carbocycles. The summed E-state index contributed by atoms with van der Waals surface area (Å²) in [7, 11) is 0. The van der Waals surface area contributed by atoms with E-state index in [1.807, 2.05) is 0 Å². The average molecular weight is 239 g/mol. The van der Waals surface area contributed by atoms with Crippen LogP contribution in [-0.4, -0.2) is 6.43 Å². The second kappa shape index (κ2) is 4.37. The summed E-state index contributed by atoms with van der Waals surface area (Å²) in [4.78, 5) is 0. The SMILES string of the molecule is Cc1ccc(C(N)C(F)F)cc1C(F)(F)F. The molecule has 0 aromatic heterocycles. The van der Waals surface area contributed by atoms with Gasteiger partial charge < -0.3 is 5.73 Å². The van der Waals surface area contributed by atoms with E-state index in [9.17, 15) is 22.0 Å². The lowest BCUT2D eigenvalue weighted by Crippen LogP contribution is -2.20. The van der Waals surface area contributed by atoms with E-state index >= 15 is 0 Å². The zero-order chi connectivity index (χ0) is 12.5. The molecule has 16 heavy (non-hydrogen) atoms. The van der Waals surface area contributed by atoms with Crippen LogP contribution in [0.1, 0.15) is 22.7 Å². The molecule has 90 valence electrons. The normalized spacial score (nSPS) is 14.2. The topological polar surface area (TPSA) is 26.0 Å². The van der Waals surface area contributed by atoms with E-state index in [1.54, 1.807) is 0 Å². The summed E-state index contributed by atoms with van der Waals surface area (Å²) in [5.41, 5.74) is 3.92. The monoisotopic (exact) mass is 239 g/mol. The lowest BCUT2D eigenvalue weighted by molar-refractivity contribution is -0.138. The van der Waals surface area contributed by atoms with E-state index in [4.69, 9.17) is 5.73 Å². The molecule has 1 unspecified atom stereocenters. The van der Waals surface area contributed by atoms with Crippen LogP contribution in [-0.2, 0) is 6.18 Å². The lowest BCUT2D eigenvalue weighted by atomic mass is 10.0. The standard InChI is InChI=1S/C10H10F5N/c1-5-2-3-6(8(16)9(11)12)4-7(5)10(13,14)15/h2-4,8-9H,16H2,1H3. The molecule has 0 amide bonds. The van der Waals surface area contributed by atoms with E-state index in [2.05, 4.69) is 0 Å². The largest absolute Gasteiger partial charge is 0.416 e. The molecule has 1 rings (SSSR count). The molecule has 0 heterocycles. The molecule has 0 radical (unpaired) electrons. The van der Waals surface area contributed by atoms with Crippen molar-refractivity contribution in [3.8, 4) is 0 Å². The zero-order valence-corrected chi connectivity index (χ0v) is 8.35. The Kier molecular flexibility index (Phi) is 3.52. The fourth-order valence-electron chi connectivity index (χ4n) is 1.30. The molecular formula is C10H10F5N. The Hall–Kier alpha value is -1.17. The summed E-state index contributed by atoms with van der Waals surface area (Å²) in [6.07, 6.45) is -7.44. The third-order valence-corrected chi connectivity index (χ3v) is 2.22. The summed E-state index contributed by atoms with van der Waals surface area (Å²) in [6, 6.07) is 1.30. The van der Waals surface area contributed by atoms with Gasteiger partial charge in [0, 0.05) is 0 Å². The highest BCUT2D eigenvalue weighted by Gasteiger charge is 2.33. The molecule has 0 saturated heterocycles. The summed E-state index contributed by atoms with van der Waals surface area (Å²) in [5, 5.41) is 0. The maximum absolute atomic E-state index is 12.5. The average Bonchev–Trinajstić information content (AvgIpc) is 2.15. The highest BCUT2D eigenvalue weighted by molar-refractivity contribution is 5.34. The Morgan fingerprint density at radius 3 is 2.19 bits per heavy atom. The van der Waals surface area contributed by atoms with E-state index in [1.165, 1.54) is 13.0 Å². The number of rotatable bonds is 2. The van der Waals surface area contributed by atoms with Crippen molar-refractivity contribution in [2.24, 2.45) is 5.73 Å². The smallest absolute Gasteiger partial charge is 0.319 e. The van der Waals surface area contributed by atoms with Crippen LogP contribution in [0.3, 0.4) is 0 Å². The molecular weight excluding hydrogens is 229 g/mol. The van der Waals surface area contributed by atoms with Crippen LogP contribution in [0, 0.1) is 6.92 Å². The summed E-state index contributed by atoms with van der Waals surface area (Å²) >= 11 is 0. The Morgan fingerprint density at radius 2 is 1.75 bits per heavy atom. The molecule has 6 heteroatoms. The fraction of sp³-hybridized carbons (Fsp3) is 0.400. The van der Waals surface area contributed by atoms with Gasteiger partial charge in [0.05, 0.1) is 11.6 Å². The molecule has 0 bridgehead atoms. The molecule has 1 atom stereocenters. The van der Waals surface area contributed by atoms with Crippen LogP contribution < -0.4 is 5.73 Å². The highest BCUT2D eigenvalue weighted by atomic mass is 19.4. The van der Waals surface area contributed by atoms with Gasteiger partial charge in [-0.2, -0.15) is 13.2 Å². The number of halogens is 5. The van der Waals surface area contributed by atoms with Crippen LogP contribution in [0.25, 0.3) is 0 Å². The van der Waals surface area contributed by atoms with Gasteiger partial charge in [-0.3, -0.25) is 0 Å². The minimum Gasteiger partial charge on any atom is -0.319 e. The number of nitrogens with two attached hydrogens (primary N) is 1. The van der Waals surface area contributed by atoms with E-state index < -0.39 is 24.2 Å². The molecule has 2 N–H and O–H groups in total. The van der Waals surface area contributed by atoms with Crippen molar-refractivity contribution in [1.82, 2.24) is 0 Å². The van der Waals surface area contributed by atoms with Gasteiger partial charge in [-0.25, -0.2) is 8.78 Å². The van der Waals surface area contributed by atoms with Crippen LogP contribution in [0.5, 0.6) is 0 Å². The van der Waals surface area contributed by atoms with Gasteiger partial charge >= 0.3 is 6.18 Å². The Morgan fingerprint density at radius 1 is 1.19 bits per heavy atom. The zero-order valence-electron chi connectivity index (χ0n) is 8.35. The number of aryl methyl sites for hydroxylation is 1. The number of hydrogen-bond acceptors (Lipinski definition) is 1. The van der Waals surface area contributed by atoms with Gasteiger partial charge in [-0.05, 0) is 24.1 Å². The van der Waals surface area contributed by atoms with Crippen molar-refractivity contribution >= 4 is 0 Å². The third-order valence-electron chi connectivity index (χ3n) is 2.22. The van der Waals surface area contributed by atoms with Crippen LogP contribution in [0.2, 0.25) is 0 Å². The van der Waals surface area contributed by atoms with Crippen molar-refractivity contribution < 1.29 is 22.0 Å². The Bertz CT molecular complexity index is 372. The first kappa shape index (κ1) is 12.9. The second-order valence-corrected chi connectivity index (χ2v) is 3.43. The van der Waals surface area contributed by atoms with Crippen molar-refractivity contribution in [2.75, 3.05) is 0 Å². The quantitative estimate of drug-likeness (QED) is 0.787. The molecule has 0 fully saturated rings. The molecule has 1 nitrogen and oxygen atoms in total. The van der Waals surface area contributed by atoms with Gasteiger partial charge in [0.2, 0.25) is 0 Å². The Balaban J connectivity index is 3.18. The maximum Gasteiger partial charge on any atom is 0.416 e. The summed E-state index contributed by atoms with van der Waals surface area (Å²) in [5.74, 6) is 0. The minimum absolute atomic E-state index is 0.0160. The minimum atomic E-state index is -4.55. The maximum atomic E-state index is 12.5. The first-order valence-electron chi connectivity index (χ1n) is 4.45. The van der Waals surface area contributed by atoms with Gasteiger partial charge in [0.1, 0.15) is 0 Å². The first-order chi connectivity index (χ1) is 7.23.